The van der Waals surface area contributed by atoms with Crippen molar-refractivity contribution in [3.8, 4) is 10.6 Å². The predicted molar refractivity (Wildman–Crippen MR) is 167 cm³/mol. The molecule has 11 nitrogen and oxygen atoms in total. The molecule has 1 atom stereocenters. The molecule has 0 spiro atoms. The van der Waals surface area contributed by atoms with Crippen molar-refractivity contribution in [2.24, 2.45) is 0 Å². The van der Waals surface area contributed by atoms with Crippen molar-refractivity contribution in [3.63, 3.8) is 0 Å². The second-order valence-corrected chi connectivity index (χ2v) is 13.7. The Morgan fingerprint density at radius 1 is 1.11 bits per heavy atom. The monoisotopic (exact) mass is 646 g/mol. The molecular formula is C32H30N4O7S2. The molecule has 1 aromatic heterocycles. The molecule has 232 valence electrons. The fourth-order valence-electron chi connectivity index (χ4n) is 5.45. The normalized spacial score (nSPS) is 17.4. The van der Waals surface area contributed by atoms with E-state index in [9.17, 15) is 22.8 Å². The van der Waals surface area contributed by atoms with Crippen molar-refractivity contribution in [3.05, 3.63) is 94.0 Å². The average Bonchev–Trinajstić information content (AvgIpc) is 3.51. The minimum absolute atomic E-state index is 0.0544. The highest BCUT2D eigenvalue weighted by Gasteiger charge is 2.33. The molecule has 0 radical (unpaired) electrons. The molecule has 2 amide bonds. The van der Waals surface area contributed by atoms with Crippen LogP contribution in [-0.2, 0) is 37.2 Å². The molecule has 1 saturated heterocycles. The lowest BCUT2D eigenvalue weighted by Crippen LogP contribution is -2.49. The van der Waals surface area contributed by atoms with Crippen molar-refractivity contribution in [1.29, 1.82) is 0 Å². The van der Waals surface area contributed by atoms with E-state index in [-0.39, 0.29) is 39.1 Å². The van der Waals surface area contributed by atoms with E-state index in [0.29, 0.717) is 31.9 Å². The molecule has 1 fully saturated rings. The molecule has 45 heavy (non-hydrogen) atoms. The van der Waals surface area contributed by atoms with Crippen LogP contribution < -0.4 is 10.6 Å². The topological polar surface area (TPSA) is 144 Å². The first-order valence-electron chi connectivity index (χ1n) is 14.2. The van der Waals surface area contributed by atoms with Gasteiger partial charge in [-0.3, -0.25) is 19.3 Å². The van der Waals surface area contributed by atoms with E-state index < -0.39 is 27.7 Å². The molecule has 0 saturated carbocycles. The van der Waals surface area contributed by atoms with Gasteiger partial charge in [-0.25, -0.2) is 13.4 Å². The lowest BCUT2D eigenvalue weighted by molar-refractivity contribution is -0.153. The standard InChI is InChI=1S/C32H30N4O7S2/c1-19-23(11-12-27-28(19)35-30(38)24-5-3-4-6-26(24)45(27,40)41)29(37)33-15-22-16-34-31(44-22)21-9-7-20(8-10-21)17-36-13-14-43-18-25(36)32(39)42-2/h3-12,16,25H,13-15,17-18H2,1-2H3,(H,33,37)(H,35,38)/t25-/m0/s1. The number of carbonyl (C=O) groups excluding carboxylic acids is 3. The number of aromatic nitrogens is 1. The number of hydrogen-bond donors (Lipinski definition) is 2. The maximum atomic E-state index is 13.4. The third kappa shape index (κ3) is 5.99. The first-order valence-corrected chi connectivity index (χ1v) is 16.5. The van der Waals surface area contributed by atoms with E-state index in [4.69, 9.17) is 9.47 Å². The van der Waals surface area contributed by atoms with E-state index in [1.54, 1.807) is 25.3 Å². The number of methoxy groups -OCH3 is 1. The minimum atomic E-state index is -3.98. The number of ether oxygens (including phenoxy) is 2. The maximum Gasteiger partial charge on any atom is 0.325 e. The Morgan fingerprint density at radius 2 is 1.89 bits per heavy atom. The molecule has 2 aliphatic rings. The number of fused-ring (bicyclic) bond motifs is 2. The summed E-state index contributed by atoms with van der Waals surface area (Å²) in [6.07, 6.45) is 1.71. The summed E-state index contributed by atoms with van der Waals surface area (Å²) in [6, 6.07) is 16.4. The highest BCUT2D eigenvalue weighted by Crippen LogP contribution is 2.37. The van der Waals surface area contributed by atoms with Crippen LogP contribution in [0.4, 0.5) is 5.69 Å². The van der Waals surface area contributed by atoms with Crippen LogP contribution in [0.3, 0.4) is 0 Å². The number of nitrogens with zero attached hydrogens (tertiary/aromatic N) is 2. The first-order chi connectivity index (χ1) is 21.7. The lowest BCUT2D eigenvalue weighted by Gasteiger charge is -2.33. The molecular weight excluding hydrogens is 617 g/mol. The molecule has 3 heterocycles. The van der Waals surface area contributed by atoms with Crippen molar-refractivity contribution < 1.29 is 32.3 Å². The van der Waals surface area contributed by atoms with Gasteiger partial charge in [0.25, 0.3) is 11.8 Å². The van der Waals surface area contributed by atoms with Crippen molar-refractivity contribution >= 4 is 44.6 Å². The van der Waals surface area contributed by atoms with Crippen LogP contribution in [0.1, 0.15) is 36.7 Å². The van der Waals surface area contributed by atoms with E-state index in [0.717, 1.165) is 21.0 Å². The van der Waals surface area contributed by atoms with Crippen LogP contribution in [0.15, 0.2) is 76.7 Å². The zero-order valence-electron chi connectivity index (χ0n) is 24.5. The van der Waals surface area contributed by atoms with Gasteiger partial charge in [0.05, 0.1) is 47.9 Å². The van der Waals surface area contributed by atoms with E-state index in [2.05, 4.69) is 15.6 Å². The van der Waals surface area contributed by atoms with Gasteiger partial charge >= 0.3 is 5.97 Å². The quantitative estimate of drug-likeness (QED) is 0.287. The average molecular weight is 647 g/mol. The summed E-state index contributed by atoms with van der Waals surface area (Å²) < 4.78 is 37.1. The zero-order valence-corrected chi connectivity index (χ0v) is 26.2. The summed E-state index contributed by atoms with van der Waals surface area (Å²) in [6.45, 7) is 3.92. The summed E-state index contributed by atoms with van der Waals surface area (Å²) in [4.78, 5) is 45.5. The Labute approximate surface area is 264 Å². The van der Waals surface area contributed by atoms with Gasteiger partial charge in [0.15, 0.2) is 0 Å². The molecule has 4 aromatic rings. The number of hydrogen-bond acceptors (Lipinski definition) is 10. The molecule has 0 bridgehead atoms. The van der Waals surface area contributed by atoms with Crippen molar-refractivity contribution in [2.75, 3.05) is 32.2 Å². The lowest BCUT2D eigenvalue weighted by atomic mass is 10.1. The van der Waals surface area contributed by atoms with Crippen molar-refractivity contribution in [2.45, 2.75) is 35.8 Å². The Hall–Kier alpha value is -4.43. The minimum Gasteiger partial charge on any atom is -0.468 e. The van der Waals surface area contributed by atoms with E-state index >= 15 is 0 Å². The van der Waals surface area contributed by atoms with Crippen LogP contribution in [0.25, 0.3) is 10.6 Å². The number of rotatable bonds is 7. The molecule has 2 aliphatic heterocycles. The van der Waals surface area contributed by atoms with Gasteiger partial charge < -0.3 is 20.1 Å². The number of thiazole rings is 1. The summed E-state index contributed by atoms with van der Waals surface area (Å²) in [7, 11) is -2.60. The smallest absolute Gasteiger partial charge is 0.325 e. The van der Waals surface area contributed by atoms with Crippen LogP contribution in [0, 0.1) is 6.92 Å². The second kappa shape index (κ2) is 12.5. The fraction of sp³-hybridized carbons (Fsp3) is 0.250. The van der Waals surface area contributed by atoms with Gasteiger partial charge in [-0.1, -0.05) is 36.4 Å². The second-order valence-electron chi connectivity index (χ2n) is 10.7. The number of anilines is 1. The summed E-state index contributed by atoms with van der Waals surface area (Å²) >= 11 is 1.44. The SMILES string of the molecule is COC(=O)[C@@H]1COCCN1Cc1ccc(-c2ncc(CNC(=O)c3ccc4c(c3C)NC(=O)c3ccccc3S4(=O)=O)s2)cc1. The van der Waals surface area contributed by atoms with Gasteiger partial charge in [0.1, 0.15) is 11.0 Å². The number of amides is 2. The third-order valence-corrected chi connectivity index (χ3v) is 10.8. The number of morpholine rings is 1. The van der Waals surface area contributed by atoms with Gasteiger partial charge in [-0.15, -0.1) is 11.3 Å². The van der Waals surface area contributed by atoms with E-state index in [1.807, 2.05) is 29.2 Å². The molecule has 0 unspecified atom stereocenters. The number of carbonyl (C=O) groups is 3. The van der Waals surface area contributed by atoms with Gasteiger partial charge in [-0.05, 0) is 42.3 Å². The Morgan fingerprint density at radius 3 is 2.67 bits per heavy atom. The molecule has 0 aliphatic carbocycles. The Balaban J connectivity index is 1.12. The highest BCUT2D eigenvalue weighted by molar-refractivity contribution is 7.91. The summed E-state index contributed by atoms with van der Waals surface area (Å²) in [5.74, 6) is -1.27. The third-order valence-electron chi connectivity index (χ3n) is 7.90. The van der Waals surface area contributed by atoms with Gasteiger partial charge in [0.2, 0.25) is 9.84 Å². The first kappa shape index (κ1) is 30.6. The predicted octanol–water partition coefficient (Wildman–Crippen LogP) is 3.82. The molecule has 6 rings (SSSR count). The molecule has 13 heteroatoms. The van der Waals surface area contributed by atoms with Crippen molar-refractivity contribution in [1.82, 2.24) is 15.2 Å². The number of benzene rings is 3. The highest BCUT2D eigenvalue weighted by atomic mass is 32.2. The number of esters is 1. The van der Waals surface area contributed by atoms with Gasteiger partial charge in [0, 0.05) is 35.3 Å². The largest absolute Gasteiger partial charge is 0.468 e. The molecule has 2 N–H and O–H groups in total. The Kier molecular flexibility index (Phi) is 8.51. The van der Waals surface area contributed by atoms with Crippen LogP contribution in [0.5, 0.6) is 0 Å². The zero-order chi connectivity index (χ0) is 31.7. The van der Waals surface area contributed by atoms with Gasteiger partial charge in [-0.2, -0.15) is 0 Å². The van der Waals surface area contributed by atoms with E-state index in [1.165, 1.54) is 42.7 Å². The number of nitrogens with one attached hydrogen (secondary N) is 2. The fourth-order valence-corrected chi connectivity index (χ4v) is 7.98. The maximum absolute atomic E-state index is 13.4. The molecule has 3 aromatic carbocycles. The summed E-state index contributed by atoms with van der Waals surface area (Å²) in [5, 5.41) is 6.37. The van der Waals surface area contributed by atoms with Crippen LogP contribution in [-0.4, -0.2) is 69.0 Å². The number of sulfone groups is 1. The van der Waals surface area contributed by atoms with Crippen LogP contribution in [0.2, 0.25) is 0 Å². The Bertz CT molecular complexity index is 1900. The summed E-state index contributed by atoms with van der Waals surface area (Å²) in [5.41, 5.74) is 2.73. The van der Waals surface area contributed by atoms with Crippen LogP contribution >= 0.6 is 11.3 Å².